The van der Waals surface area contributed by atoms with Crippen LogP contribution in [0.5, 0.6) is 0 Å². The molecule has 1 unspecified atom stereocenters. The van der Waals surface area contributed by atoms with Gasteiger partial charge in [0.15, 0.2) is 6.10 Å². The number of allylic oxidation sites excluding steroid dienone is 6. The predicted octanol–water partition coefficient (Wildman–Crippen LogP) is 21.6. The Kier molecular flexibility index (Phi) is 59.2. The van der Waals surface area contributed by atoms with Crippen molar-refractivity contribution in [2.24, 2.45) is 0 Å². The van der Waals surface area contributed by atoms with E-state index in [2.05, 4.69) is 57.2 Å². The molecule has 0 radical (unpaired) electrons. The van der Waals surface area contributed by atoms with E-state index in [0.717, 1.165) is 83.5 Å². The quantitative estimate of drug-likeness (QED) is 0.0261. The molecule has 0 aromatic carbocycles. The van der Waals surface area contributed by atoms with Gasteiger partial charge in [0, 0.05) is 19.3 Å². The second kappa shape index (κ2) is 61.2. The average molecular weight is 1010 g/mol. The number of carbonyl (C=O) groups is 3. The molecule has 0 aromatic heterocycles. The zero-order valence-electron chi connectivity index (χ0n) is 48.5. The van der Waals surface area contributed by atoms with Crippen molar-refractivity contribution in [1.29, 1.82) is 0 Å². The summed E-state index contributed by atoms with van der Waals surface area (Å²) in [6.45, 7) is 6.56. The highest BCUT2D eigenvalue weighted by Crippen LogP contribution is 2.18. The van der Waals surface area contributed by atoms with Crippen LogP contribution in [0, 0.1) is 0 Å². The summed E-state index contributed by atoms with van der Waals surface area (Å²) < 4.78 is 16.9. The molecule has 6 heteroatoms. The van der Waals surface area contributed by atoms with Gasteiger partial charge in [-0.1, -0.05) is 314 Å². The molecule has 72 heavy (non-hydrogen) atoms. The van der Waals surface area contributed by atoms with Gasteiger partial charge >= 0.3 is 17.9 Å². The van der Waals surface area contributed by atoms with Gasteiger partial charge in [-0.05, 0) is 51.4 Å². The van der Waals surface area contributed by atoms with Gasteiger partial charge in [0.1, 0.15) is 13.2 Å². The number of hydrogen-bond acceptors (Lipinski definition) is 6. The molecular formula is C66H122O6. The first kappa shape index (κ1) is 69.6. The minimum absolute atomic E-state index is 0.0762. The highest BCUT2D eigenvalue weighted by Gasteiger charge is 2.19. The molecule has 0 fully saturated rings. The Bertz CT molecular complexity index is 1210. The minimum atomic E-state index is -0.780. The van der Waals surface area contributed by atoms with Crippen LogP contribution in [-0.4, -0.2) is 37.2 Å². The fourth-order valence-corrected chi connectivity index (χ4v) is 9.64. The van der Waals surface area contributed by atoms with Crippen LogP contribution in [-0.2, 0) is 28.6 Å². The predicted molar refractivity (Wildman–Crippen MR) is 312 cm³/mol. The molecule has 0 aliphatic heterocycles. The van der Waals surface area contributed by atoms with E-state index < -0.39 is 6.10 Å². The van der Waals surface area contributed by atoms with Crippen LogP contribution in [0.2, 0.25) is 0 Å². The molecule has 1 atom stereocenters. The van der Waals surface area contributed by atoms with Gasteiger partial charge in [-0.15, -0.1) is 0 Å². The van der Waals surface area contributed by atoms with E-state index in [1.165, 1.54) is 225 Å². The summed E-state index contributed by atoms with van der Waals surface area (Å²) in [6, 6.07) is 0. The summed E-state index contributed by atoms with van der Waals surface area (Å²) in [4.78, 5) is 38.2. The molecule has 0 aliphatic rings. The van der Waals surface area contributed by atoms with Crippen LogP contribution in [0.4, 0.5) is 0 Å². The Labute approximate surface area is 448 Å². The van der Waals surface area contributed by atoms with E-state index in [-0.39, 0.29) is 31.1 Å². The maximum Gasteiger partial charge on any atom is 0.306 e. The lowest BCUT2D eigenvalue weighted by molar-refractivity contribution is -0.167. The van der Waals surface area contributed by atoms with Crippen LogP contribution in [0.1, 0.15) is 348 Å². The van der Waals surface area contributed by atoms with Gasteiger partial charge in [-0.2, -0.15) is 0 Å². The Hall–Kier alpha value is -2.37. The van der Waals surface area contributed by atoms with E-state index in [4.69, 9.17) is 14.2 Å². The first-order chi connectivity index (χ1) is 35.5. The Balaban J connectivity index is 4.20. The summed E-state index contributed by atoms with van der Waals surface area (Å²) in [5.41, 5.74) is 0. The van der Waals surface area contributed by atoms with Crippen molar-refractivity contribution in [3.8, 4) is 0 Å². The summed E-state index contributed by atoms with van der Waals surface area (Å²) in [6.07, 6.45) is 74.6. The summed E-state index contributed by atoms with van der Waals surface area (Å²) in [5.74, 6) is -0.884. The van der Waals surface area contributed by atoms with E-state index in [1.807, 2.05) is 0 Å². The highest BCUT2D eigenvalue weighted by atomic mass is 16.6. The van der Waals surface area contributed by atoms with Crippen molar-refractivity contribution in [3.63, 3.8) is 0 Å². The summed E-state index contributed by atoms with van der Waals surface area (Å²) in [5, 5.41) is 0. The van der Waals surface area contributed by atoms with Gasteiger partial charge in [0.2, 0.25) is 0 Å². The lowest BCUT2D eigenvalue weighted by atomic mass is 10.0. The molecule has 422 valence electrons. The third kappa shape index (κ3) is 58.5. The Morgan fingerprint density at radius 2 is 0.542 bits per heavy atom. The van der Waals surface area contributed by atoms with Gasteiger partial charge in [-0.25, -0.2) is 0 Å². The maximum absolute atomic E-state index is 12.9. The van der Waals surface area contributed by atoms with Crippen molar-refractivity contribution in [2.75, 3.05) is 13.2 Å². The van der Waals surface area contributed by atoms with Crippen molar-refractivity contribution >= 4 is 17.9 Å². The van der Waals surface area contributed by atoms with Crippen LogP contribution >= 0.6 is 0 Å². The topological polar surface area (TPSA) is 78.9 Å². The van der Waals surface area contributed by atoms with E-state index in [9.17, 15) is 14.4 Å². The fraction of sp³-hybridized carbons (Fsp3) is 0.864. The van der Waals surface area contributed by atoms with Crippen molar-refractivity contribution < 1.29 is 28.6 Å². The Morgan fingerprint density at radius 1 is 0.292 bits per heavy atom. The second-order valence-corrected chi connectivity index (χ2v) is 21.7. The summed E-state index contributed by atoms with van der Waals surface area (Å²) >= 11 is 0. The lowest BCUT2D eigenvalue weighted by Crippen LogP contribution is -2.30. The molecular weight excluding hydrogens is 889 g/mol. The van der Waals surface area contributed by atoms with Crippen LogP contribution in [0.15, 0.2) is 36.5 Å². The third-order valence-corrected chi connectivity index (χ3v) is 14.4. The van der Waals surface area contributed by atoms with Gasteiger partial charge in [0.25, 0.3) is 0 Å². The monoisotopic (exact) mass is 1010 g/mol. The number of unbranched alkanes of at least 4 members (excludes halogenated alkanes) is 42. The fourth-order valence-electron chi connectivity index (χ4n) is 9.64. The normalized spacial score (nSPS) is 12.2. The molecule has 0 saturated heterocycles. The van der Waals surface area contributed by atoms with Crippen LogP contribution in [0.25, 0.3) is 0 Å². The first-order valence-electron chi connectivity index (χ1n) is 32.0. The molecule has 0 aliphatic carbocycles. The van der Waals surface area contributed by atoms with Crippen molar-refractivity contribution in [2.45, 2.75) is 354 Å². The zero-order chi connectivity index (χ0) is 52.2. The lowest BCUT2D eigenvalue weighted by Gasteiger charge is -2.18. The molecule has 0 saturated carbocycles. The summed E-state index contributed by atoms with van der Waals surface area (Å²) in [7, 11) is 0. The molecule has 0 aromatic rings. The Morgan fingerprint density at radius 3 is 0.847 bits per heavy atom. The van der Waals surface area contributed by atoms with Gasteiger partial charge in [0.05, 0.1) is 0 Å². The minimum Gasteiger partial charge on any atom is -0.462 e. The van der Waals surface area contributed by atoms with E-state index >= 15 is 0 Å². The van der Waals surface area contributed by atoms with Crippen molar-refractivity contribution in [1.82, 2.24) is 0 Å². The number of rotatable bonds is 59. The third-order valence-electron chi connectivity index (χ3n) is 14.4. The molecule has 6 nitrogen and oxygen atoms in total. The van der Waals surface area contributed by atoms with E-state index in [0.29, 0.717) is 19.3 Å². The second-order valence-electron chi connectivity index (χ2n) is 21.7. The zero-order valence-corrected chi connectivity index (χ0v) is 48.5. The standard InChI is InChI=1S/C66H122O6/c1-4-7-10-13-16-19-22-25-27-28-29-30-31-32-33-34-35-36-37-39-41-44-47-50-53-56-59-65(68)71-62-63(61-70-64(67)58-55-52-49-46-43-40-24-21-18-15-12-9-6-3)72-66(69)60-57-54-51-48-45-42-38-26-23-20-17-14-11-8-5-2/h9,12,18,21,40,43,63H,4-8,10-11,13-17,19-20,22-39,41-42,44-62H2,1-3H3/b12-9-,21-18-,43-40-. The maximum atomic E-state index is 12.9. The molecule has 0 amide bonds. The number of ether oxygens (including phenoxy) is 3. The molecule has 0 bridgehead atoms. The van der Waals surface area contributed by atoms with E-state index in [1.54, 1.807) is 0 Å². The molecule has 0 rings (SSSR count). The number of esters is 3. The smallest absolute Gasteiger partial charge is 0.306 e. The van der Waals surface area contributed by atoms with Gasteiger partial charge in [-0.3, -0.25) is 14.4 Å². The average Bonchev–Trinajstić information content (AvgIpc) is 3.38. The number of carbonyl (C=O) groups excluding carboxylic acids is 3. The largest absolute Gasteiger partial charge is 0.462 e. The van der Waals surface area contributed by atoms with Crippen LogP contribution < -0.4 is 0 Å². The number of hydrogen-bond donors (Lipinski definition) is 0. The highest BCUT2D eigenvalue weighted by molar-refractivity contribution is 5.71. The molecule has 0 N–H and O–H groups in total. The SMILES string of the molecule is CC/C=C\C/C=C\C/C=C\CCCCCC(=O)OCC(COC(=O)CCCCCCCCCCCCCCCCCCCCCCCCCCCC)OC(=O)CCCCCCCCCCCCCCCCC. The first-order valence-corrected chi connectivity index (χ1v) is 32.0. The van der Waals surface area contributed by atoms with Crippen molar-refractivity contribution in [3.05, 3.63) is 36.5 Å². The molecule has 0 spiro atoms. The van der Waals surface area contributed by atoms with Crippen LogP contribution in [0.3, 0.4) is 0 Å². The molecule has 0 heterocycles. The van der Waals surface area contributed by atoms with Gasteiger partial charge < -0.3 is 14.2 Å².